The Morgan fingerprint density at radius 1 is 0.750 bits per heavy atom. The van der Waals surface area contributed by atoms with E-state index in [1.807, 2.05) is 0 Å². The van der Waals surface area contributed by atoms with Crippen molar-refractivity contribution < 1.29 is 0 Å². The first-order valence-corrected chi connectivity index (χ1v) is 8.38. The van der Waals surface area contributed by atoms with E-state index < -0.39 is 0 Å². The maximum atomic E-state index is 2.53. The first-order chi connectivity index (χ1) is 11.4. The van der Waals surface area contributed by atoms with Crippen molar-refractivity contribution in [3.8, 4) is 0 Å². The standard InChI is InChI=1S/C22H21N.HI/c1-3-9-18(10-4-1)17-21-16-15-19-11-7-8-14-22(19)23(21)20-12-5-2-6-13-20;/h1-14,21H,15-17H2;1H. The molecule has 1 aliphatic rings. The van der Waals surface area contributed by atoms with Crippen molar-refractivity contribution in [2.45, 2.75) is 25.3 Å². The Bertz CT molecular complexity index is 770. The SMILES string of the molecule is I.c1ccc(CC2CCc3ccccc3N2c2ccccc2)cc1. The lowest BCUT2D eigenvalue weighted by Gasteiger charge is -2.39. The zero-order valence-corrected chi connectivity index (χ0v) is 16.0. The fourth-order valence-electron chi connectivity index (χ4n) is 3.62. The molecule has 0 amide bonds. The Hall–Kier alpha value is -1.81. The largest absolute Gasteiger partial charge is 0.338 e. The molecule has 2 heteroatoms. The average molecular weight is 427 g/mol. The van der Waals surface area contributed by atoms with Crippen LogP contribution in [0.25, 0.3) is 0 Å². The van der Waals surface area contributed by atoms with Gasteiger partial charge in [0.1, 0.15) is 0 Å². The van der Waals surface area contributed by atoms with Gasteiger partial charge >= 0.3 is 0 Å². The van der Waals surface area contributed by atoms with Crippen LogP contribution in [0.1, 0.15) is 17.5 Å². The molecular formula is C22H22IN. The molecule has 0 saturated heterocycles. The van der Waals surface area contributed by atoms with Gasteiger partial charge in [-0.3, -0.25) is 0 Å². The minimum atomic E-state index is 0. The summed E-state index contributed by atoms with van der Waals surface area (Å²) in [5, 5.41) is 0. The molecule has 24 heavy (non-hydrogen) atoms. The molecule has 0 aliphatic carbocycles. The van der Waals surface area contributed by atoms with Crippen molar-refractivity contribution in [3.63, 3.8) is 0 Å². The first-order valence-electron chi connectivity index (χ1n) is 8.38. The lowest BCUT2D eigenvalue weighted by atomic mass is 9.91. The Kier molecular flexibility index (Phi) is 5.56. The van der Waals surface area contributed by atoms with Gasteiger partial charge in [0, 0.05) is 17.4 Å². The quantitative estimate of drug-likeness (QED) is 0.464. The number of hydrogen-bond acceptors (Lipinski definition) is 1. The lowest BCUT2D eigenvalue weighted by molar-refractivity contribution is 0.571. The van der Waals surface area contributed by atoms with Gasteiger partial charge in [0.05, 0.1) is 0 Å². The smallest absolute Gasteiger partial charge is 0.0446 e. The molecule has 122 valence electrons. The van der Waals surface area contributed by atoms with Crippen LogP contribution >= 0.6 is 24.0 Å². The third kappa shape index (κ3) is 3.48. The van der Waals surface area contributed by atoms with Gasteiger partial charge in [0.2, 0.25) is 0 Å². The summed E-state index contributed by atoms with van der Waals surface area (Å²) in [6.45, 7) is 0. The van der Waals surface area contributed by atoms with E-state index in [9.17, 15) is 0 Å². The number of aryl methyl sites for hydroxylation is 1. The van der Waals surface area contributed by atoms with Gasteiger partial charge in [0.15, 0.2) is 0 Å². The summed E-state index contributed by atoms with van der Waals surface area (Å²) in [5.74, 6) is 0. The molecule has 0 N–H and O–H groups in total. The van der Waals surface area contributed by atoms with Gasteiger partial charge < -0.3 is 4.90 Å². The molecule has 1 heterocycles. The zero-order valence-electron chi connectivity index (χ0n) is 13.6. The second-order valence-corrected chi connectivity index (χ2v) is 6.22. The van der Waals surface area contributed by atoms with Crippen molar-refractivity contribution in [3.05, 3.63) is 96.1 Å². The van der Waals surface area contributed by atoms with Crippen LogP contribution in [0.4, 0.5) is 11.4 Å². The summed E-state index contributed by atoms with van der Waals surface area (Å²) >= 11 is 0. The van der Waals surface area contributed by atoms with Crippen LogP contribution in [-0.2, 0) is 12.8 Å². The molecule has 0 radical (unpaired) electrons. The molecule has 4 rings (SSSR count). The van der Waals surface area contributed by atoms with Crippen molar-refractivity contribution in [2.24, 2.45) is 0 Å². The summed E-state index contributed by atoms with van der Waals surface area (Å²) in [7, 11) is 0. The van der Waals surface area contributed by atoms with Crippen LogP contribution in [-0.4, -0.2) is 6.04 Å². The number of rotatable bonds is 3. The molecule has 0 bridgehead atoms. The van der Waals surface area contributed by atoms with Crippen LogP contribution in [0, 0.1) is 0 Å². The lowest BCUT2D eigenvalue weighted by Crippen LogP contribution is -2.37. The number of anilines is 2. The van der Waals surface area contributed by atoms with Crippen LogP contribution in [0.5, 0.6) is 0 Å². The molecule has 0 saturated carbocycles. The Labute approximate surface area is 161 Å². The topological polar surface area (TPSA) is 3.24 Å². The summed E-state index contributed by atoms with van der Waals surface area (Å²) in [6, 6.07) is 31.0. The number of nitrogens with zero attached hydrogens (tertiary/aromatic N) is 1. The Morgan fingerprint density at radius 2 is 1.38 bits per heavy atom. The molecule has 3 aromatic carbocycles. The van der Waals surface area contributed by atoms with E-state index in [2.05, 4.69) is 89.8 Å². The fourth-order valence-corrected chi connectivity index (χ4v) is 3.62. The average Bonchev–Trinajstić information content (AvgIpc) is 2.63. The van der Waals surface area contributed by atoms with Gasteiger partial charge in [-0.1, -0.05) is 66.7 Å². The van der Waals surface area contributed by atoms with Gasteiger partial charge in [-0.2, -0.15) is 0 Å². The van der Waals surface area contributed by atoms with Gasteiger partial charge in [-0.15, -0.1) is 24.0 Å². The normalized spacial score (nSPS) is 16.2. The molecule has 3 aromatic rings. The van der Waals surface area contributed by atoms with Crippen molar-refractivity contribution >= 4 is 35.4 Å². The first kappa shape index (κ1) is 17.0. The van der Waals surface area contributed by atoms with E-state index >= 15 is 0 Å². The van der Waals surface area contributed by atoms with Gasteiger partial charge in [-0.05, 0) is 48.6 Å². The monoisotopic (exact) mass is 427 g/mol. The Morgan fingerprint density at radius 3 is 2.12 bits per heavy atom. The second kappa shape index (κ2) is 7.84. The predicted molar refractivity (Wildman–Crippen MR) is 113 cm³/mol. The fraction of sp³-hybridized carbons (Fsp3) is 0.182. The molecular weight excluding hydrogens is 405 g/mol. The molecule has 0 spiro atoms. The number of benzene rings is 3. The van der Waals surface area contributed by atoms with Gasteiger partial charge in [-0.25, -0.2) is 0 Å². The van der Waals surface area contributed by atoms with Crippen molar-refractivity contribution in [1.29, 1.82) is 0 Å². The number of halogens is 1. The van der Waals surface area contributed by atoms with Crippen LogP contribution in [0.15, 0.2) is 84.9 Å². The second-order valence-electron chi connectivity index (χ2n) is 6.22. The number of hydrogen-bond donors (Lipinski definition) is 0. The summed E-state index contributed by atoms with van der Waals surface area (Å²) in [6.07, 6.45) is 3.45. The summed E-state index contributed by atoms with van der Waals surface area (Å²) < 4.78 is 0. The van der Waals surface area contributed by atoms with Crippen LogP contribution < -0.4 is 4.90 Å². The van der Waals surface area contributed by atoms with E-state index in [1.54, 1.807) is 0 Å². The number of para-hydroxylation sites is 2. The van der Waals surface area contributed by atoms with Crippen molar-refractivity contribution in [1.82, 2.24) is 0 Å². The predicted octanol–water partition coefficient (Wildman–Crippen LogP) is 6.00. The van der Waals surface area contributed by atoms with E-state index in [0.29, 0.717) is 6.04 Å². The highest BCUT2D eigenvalue weighted by Gasteiger charge is 2.27. The summed E-state index contributed by atoms with van der Waals surface area (Å²) in [4.78, 5) is 2.53. The molecule has 1 nitrogen and oxygen atoms in total. The van der Waals surface area contributed by atoms with E-state index in [-0.39, 0.29) is 24.0 Å². The molecule has 1 unspecified atom stereocenters. The molecule has 1 atom stereocenters. The highest BCUT2D eigenvalue weighted by atomic mass is 127. The van der Waals surface area contributed by atoms with Crippen LogP contribution in [0.2, 0.25) is 0 Å². The number of fused-ring (bicyclic) bond motifs is 1. The molecule has 1 aliphatic heterocycles. The van der Waals surface area contributed by atoms with Crippen LogP contribution in [0.3, 0.4) is 0 Å². The van der Waals surface area contributed by atoms with E-state index in [0.717, 1.165) is 12.8 Å². The Balaban J connectivity index is 0.00000169. The minimum Gasteiger partial charge on any atom is -0.338 e. The minimum absolute atomic E-state index is 0. The van der Waals surface area contributed by atoms with E-state index in [4.69, 9.17) is 0 Å². The van der Waals surface area contributed by atoms with E-state index in [1.165, 1.54) is 28.9 Å². The summed E-state index contributed by atoms with van der Waals surface area (Å²) in [5.41, 5.74) is 5.53. The maximum absolute atomic E-state index is 2.53. The van der Waals surface area contributed by atoms with Crippen molar-refractivity contribution in [2.75, 3.05) is 4.90 Å². The zero-order chi connectivity index (χ0) is 15.5. The molecule has 0 aromatic heterocycles. The third-order valence-electron chi connectivity index (χ3n) is 4.71. The highest BCUT2D eigenvalue weighted by Crippen LogP contribution is 2.37. The van der Waals surface area contributed by atoms with Gasteiger partial charge in [0.25, 0.3) is 0 Å². The molecule has 0 fully saturated rings. The highest BCUT2D eigenvalue weighted by molar-refractivity contribution is 14.0. The maximum Gasteiger partial charge on any atom is 0.0446 e. The third-order valence-corrected chi connectivity index (χ3v) is 4.71.